The van der Waals surface area contributed by atoms with Crippen LogP contribution in [0.15, 0.2) is 54.6 Å². The van der Waals surface area contributed by atoms with Gasteiger partial charge in [0.15, 0.2) is 0 Å². The Morgan fingerprint density at radius 2 is 1.68 bits per heavy atom. The Balaban J connectivity index is 2.33. The Morgan fingerprint density at radius 3 is 2.20 bits per heavy atom. The summed E-state index contributed by atoms with van der Waals surface area (Å²) in [5, 5.41) is 3.36. The van der Waals surface area contributed by atoms with Crippen molar-refractivity contribution in [2.75, 3.05) is 19.0 Å². The molecule has 4 heteroatoms. The topological polar surface area (TPSA) is 47.6 Å². The number of carbonyl (C=O) groups excluding carboxylic acids is 1. The summed E-state index contributed by atoms with van der Waals surface area (Å²) in [6.07, 6.45) is 0. The maximum Gasteiger partial charge on any atom is 0.329 e. The third-order valence-corrected chi connectivity index (χ3v) is 4.21. The van der Waals surface area contributed by atoms with Crippen molar-refractivity contribution in [2.45, 2.75) is 32.7 Å². The van der Waals surface area contributed by atoms with Gasteiger partial charge in [0.05, 0.1) is 13.7 Å². The maximum atomic E-state index is 12.7. The Morgan fingerprint density at radius 1 is 1.04 bits per heavy atom. The number of hydrogen-bond donors (Lipinski definition) is 1. The zero-order chi connectivity index (χ0) is 18.2. The molecule has 0 bridgehead atoms. The van der Waals surface area contributed by atoms with E-state index >= 15 is 0 Å². The lowest BCUT2D eigenvalue weighted by Crippen LogP contribution is -2.39. The number of rotatable bonds is 8. The molecule has 134 valence electrons. The fourth-order valence-corrected chi connectivity index (χ4v) is 3.03. The molecule has 4 nitrogen and oxygen atoms in total. The predicted molar refractivity (Wildman–Crippen MR) is 101 cm³/mol. The van der Waals surface area contributed by atoms with Gasteiger partial charge in [-0.05, 0) is 42.7 Å². The lowest BCUT2D eigenvalue weighted by molar-refractivity contribution is -0.144. The summed E-state index contributed by atoms with van der Waals surface area (Å²) in [5.41, 5.74) is 1.98. The SMILES string of the molecule is CCOC(=O)[C@@H](Nc1ccc(OC)cc1)[C@@H](c1ccccc1)C(C)C. The Bertz CT molecular complexity index is 653. The van der Waals surface area contributed by atoms with E-state index in [9.17, 15) is 4.79 Å². The lowest BCUT2D eigenvalue weighted by atomic mass is 9.82. The molecule has 0 amide bonds. The summed E-state index contributed by atoms with van der Waals surface area (Å²) in [6, 6.07) is 17.2. The average molecular weight is 341 g/mol. The van der Waals surface area contributed by atoms with Gasteiger partial charge in [-0.1, -0.05) is 44.2 Å². The molecular formula is C21H27NO3. The van der Waals surface area contributed by atoms with E-state index in [-0.39, 0.29) is 17.8 Å². The minimum Gasteiger partial charge on any atom is -0.497 e. The van der Waals surface area contributed by atoms with Crippen LogP contribution in [0.25, 0.3) is 0 Å². The van der Waals surface area contributed by atoms with E-state index in [4.69, 9.17) is 9.47 Å². The molecule has 1 N–H and O–H groups in total. The molecule has 0 aliphatic carbocycles. The van der Waals surface area contributed by atoms with Gasteiger partial charge in [0, 0.05) is 11.6 Å². The smallest absolute Gasteiger partial charge is 0.329 e. The van der Waals surface area contributed by atoms with Gasteiger partial charge in [0.1, 0.15) is 11.8 Å². The molecule has 0 aliphatic heterocycles. The molecule has 0 aliphatic rings. The Kier molecular flexibility index (Phi) is 6.87. The highest BCUT2D eigenvalue weighted by atomic mass is 16.5. The summed E-state index contributed by atoms with van der Waals surface area (Å²) in [4.78, 5) is 12.7. The summed E-state index contributed by atoms with van der Waals surface area (Å²) >= 11 is 0. The number of methoxy groups -OCH3 is 1. The first-order valence-electron chi connectivity index (χ1n) is 8.69. The minimum atomic E-state index is -0.462. The van der Waals surface area contributed by atoms with Crippen LogP contribution in [0.1, 0.15) is 32.3 Å². The van der Waals surface area contributed by atoms with Crippen molar-refractivity contribution in [3.8, 4) is 5.75 Å². The van der Waals surface area contributed by atoms with Crippen LogP contribution in [0.2, 0.25) is 0 Å². The van der Waals surface area contributed by atoms with Crippen LogP contribution >= 0.6 is 0 Å². The molecule has 0 saturated heterocycles. The normalized spacial score (nSPS) is 13.2. The highest BCUT2D eigenvalue weighted by Gasteiger charge is 2.33. The number of hydrogen-bond acceptors (Lipinski definition) is 4. The van der Waals surface area contributed by atoms with Crippen molar-refractivity contribution in [2.24, 2.45) is 5.92 Å². The number of benzene rings is 2. The van der Waals surface area contributed by atoms with Gasteiger partial charge in [-0.3, -0.25) is 0 Å². The summed E-state index contributed by atoms with van der Waals surface area (Å²) < 4.78 is 10.5. The largest absolute Gasteiger partial charge is 0.497 e. The number of anilines is 1. The number of esters is 1. The molecule has 0 fully saturated rings. The monoisotopic (exact) mass is 341 g/mol. The van der Waals surface area contributed by atoms with E-state index in [2.05, 4.69) is 31.3 Å². The Labute approximate surface area is 150 Å². The van der Waals surface area contributed by atoms with Gasteiger partial charge < -0.3 is 14.8 Å². The highest BCUT2D eigenvalue weighted by Crippen LogP contribution is 2.31. The van der Waals surface area contributed by atoms with Gasteiger partial charge in [-0.2, -0.15) is 0 Å². The van der Waals surface area contributed by atoms with Crippen LogP contribution in [-0.2, 0) is 9.53 Å². The van der Waals surface area contributed by atoms with Gasteiger partial charge >= 0.3 is 5.97 Å². The fraction of sp³-hybridized carbons (Fsp3) is 0.381. The van der Waals surface area contributed by atoms with Gasteiger partial charge in [0.2, 0.25) is 0 Å². The second-order valence-corrected chi connectivity index (χ2v) is 6.28. The summed E-state index contributed by atoms with van der Waals surface area (Å²) in [7, 11) is 1.63. The molecule has 0 radical (unpaired) electrons. The third-order valence-electron chi connectivity index (χ3n) is 4.21. The third kappa shape index (κ3) is 4.99. The van der Waals surface area contributed by atoms with Crippen LogP contribution in [-0.4, -0.2) is 25.7 Å². The zero-order valence-electron chi connectivity index (χ0n) is 15.4. The second kappa shape index (κ2) is 9.11. The lowest BCUT2D eigenvalue weighted by Gasteiger charge is -2.30. The van der Waals surface area contributed by atoms with E-state index in [1.54, 1.807) is 7.11 Å². The van der Waals surface area contributed by atoms with Crippen LogP contribution in [0.5, 0.6) is 5.75 Å². The van der Waals surface area contributed by atoms with Gasteiger partial charge in [-0.25, -0.2) is 4.79 Å². The average Bonchev–Trinajstić information content (AvgIpc) is 2.62. The minimum absolute atomic E-state index is 0.00218. The van der Waals surface area contributed by atoms with Crippen LogP contribution in [0.4, 0.5) is 5.69 Å². The predicted octanol–water partition coefficient (Wildman–Crippen LogP) is 4.48. The molecular weight excluding hydrogens is 314 g/mol. The van der Waals surface area contributed by atoms with Crippen molar-refractivity contribution >= 4 is 11.7 Å². The van der Waals surface area contributed by atoms with E-state index in [1.807, 2.05) is 49.4 Å². The van der Waals surface area contributed by atoms with Crippen LogP contribution in [0, 0.1) is 5.92 Å². The van der Waals surface area contributed by atoms with Crippen molar-refractivity contribution in [1.29, 1.82) is 0 Å². The molecule has 2 atom stereocenters. The molecule has 0 saturated carbocycles. The molecule has 0 aromatic heterocycles. The molecule has 2 aromatic carbocycles. The van der Waals surface area contributed by atoms with E-state index in [0.29, 0.717) is 6.61 Å². The fourth-order valence-electron chi connectivity index (χ4n) is 3.03. The number of carbonyl (C=O) groups is 1. The molecule has 25 heavy (non-hydrogen) atoms. The zero-order valence-corrected chi connectivity index (χ0v) is 15.4. The van der Waals surface area contributed by atoms with Crippen molar-refractivity contribution < 1.29 is 14.3 Å². The molecule has 2 aromatic rings. The number of ether oxygens (including phenoxy) is 2. The quantitative estimate of drug-likeness (QED) is 0.719. The molecule has 0 heterocycles. The van der Waals surface area contributed by atoms with Crippen molar-refractivity contribution in [3.05, 3.63) is 60.2 Å². The molecule has 2 rings (SSSR count). The summed E-state index contributed by atoms with van der Waals surface area (Å²) in [5.74, 6) is 0.812. The molecule has 0 spiro atoms. The van der Waals surface area contributed by atoms with Crippen LogP contribution in [0.3, 0.4) is 0 Å². The van der Waals surface area contributed by atoms with Gasteiger partial charge in [-0.15, -0.1) is 0 Å². The standard InChI is InChI=1S/C21H27NO3/c1-5-25-21(23)20(22-17-11-13-18(24-4)14-12-17)19(15(2)3)16-9-7-6-8-10-16/h6-15,19-20,22H,5H2,1-4H3/t19-,20+/m1/s1. The van der Waals surface area contributed by atoms with E-state index in [1.165, 1.54) is 0 Å². The van der Waals surface area contributed by atoms with Gasteiger partial charge in [0.25, 0.3) is 0 Å². The van der Waals surface area contributed by atoms with Crippen LogP contribution < -0.4 is 10.1 Å². The van der Waals surface area contributed by atoms with Crippen molar-refractivity contribution in [1.82, 2.24) is 0 Å². The highest BCUT2D eigenvalue weighted by molar-refractivity contribution is 5.81. The maximum absolute atomic E-state index is 12.7. The molecule has 0 unspecified atom stereocenters. The first-order valence-corrected chi connectivity index (χ1v) is 8.69. The van der Waals surface area contributed by atoms with E-state index in [0.717, 1.165) is 17.0 Å². The van der Waals surface area contributed by atoms with E-state index < -0.39 is 6.04 Å². The first kappa shape index (κ1) is 18.8. The second-order valence-electron chi connectivity index (χ2n) is 6.28. The first-order chi connectivity index (χ1) is 12.1. The van der Waals surface area contributed by atoms with Crippen molar-refractivity contribution in [3.63, 3.8) is 0 Å². The summed E-state index contributed by atoms with van der Waals surface area (Å²) in [6.45, 7) is 6.44. The number of nitrogens with one attached hydrogen (secondary N) is 1. The Hall–Kier alpha value is -2.49.